The molecule has 304 valence electrons. The minimum absolute atomic E-state index is 0.0293. The third-order valence-corrected chi connectivity index (χ3v) is 12.8. The van der Waals surface area contributed by atoms with Crippen molar-refractivity contribution in [2.45, 2.75) is 98.3 Å². The van der Waals surface area contributed by atoms with Gasteiger partial charge in [0.2, 0.25) is 0 Å². The van der Waals surface area contributed by atoms with E-state index in [1.54, 1.807) is 0 Å². The number of hydrogen-bond donors (Lipinski definition) is 2. The molecule has 3 aromatic carbocycles. The Kier molecular flexibility index (Phi) is 11.7. The zero-order valence-electron chi connectivity index (χ0n) is 35.6. The molecular weight excluding hydrogens is 725 g/mol. The molecular formula is C52H60N6O. The molecule has 2 aromatic heterocycles. The number of carbonyl (C=O) groups is 1. The molecule has 59 heavy (non-hydrogen) atoms. The smallest absolute Gasteiger partial charge is 0.258 e. The minimum Gasteiger partial charge on any atom is -0.355 e. The van der Waals surface area contributed by atoms with Crippen LogP contribution in [0.15, 0.2) is 104 Å². The number of amides is 1. The number of hydrogen-bond acceptors (Lipinski definition) is 5. The summed E-state index contributed by atoms with van der Waals surface area (Å²) < 4.78 is 0. The number of para-hydroxylation sites is 2. The molecule has 0 radical (unpaired) electrons. The van der Waals surface area contributed by atoms with E-state index < -0.39 is 0 Å². The molecule has 2 N–H and O–H groups in total. The summed E-state index contributed by atoms with van der Waals surface area (Å²) in [5, 5.41) is 3.62. The van der Waals surface area contributed by atoms with Crippen LogP contribution in [0.4, 0.5) is 17.2 Å². The first-order valence-electron chi connectivity index (χ1n) is 21.9. The number of aromatic amines is 1. The van der Waals surface area contributed by atoms with Crippen LogP contribution in [0.25, 0.3) is 27.9 Å². The molecule has 1 amide bonds. The van der Waals surface area contributed by atoms with E-state index in [0.717, 1.165) is 99.1 Å². The van der Waals surface area contributed by atoms with Crippen molar-refractivity contribution in [3.63, 3.8) is 0 Å². The molecule has 3 aliphatic rings. The lowest BCUT2D eigenvalue weighted by atomic mass is 9.72. The number of aromatic nitrogens is 3. The molecule has 1 saturated heterocycles. The number of pyridine rings is 1. The Morgan fingerprint density at radius 1 is 0.932 bits per heavy atom. The van der Waals surface area contributed by atoms with Gasteiger partial charge in [0.15, 0.2) is 0 Å². The highest BCUT2D eigenvalue weighted by Gasteiger charge is 2.43. The Hall–Kier alpha value is -5.69. The number of nitrogens with zero attached hydrogens (tertiary/aromatic N) is 4. The number of H-pyrrole nitrogens is 1. The fourth-order valence-electron chi connectivity index (χ4n) is 9.64. The predicted molar refractivity (Wildman–Crippen MR) is 248 cm³/mol. The van der Waals surface area contributed by atoms with Crippen LogP contribution < -0.4 is 15.1 Å². The van der Waals surface area contributed by atoms with Crippen molar-refractivity contribution in [1.29, 1.82) is 0 Å². The highest BCUT2D eigenvalue weighted by Crippen LogP contribution is 2.45. The predicted octanol–water partition coefficient (Wildman–Crippen LogP) is 12.5. The monoisotopic (exact) mass is 784 g/mol. The lowest BCUT2D eigenvalue weighted by molar-refractivity contribution is 0.0987. The van der Waals surface area contributed by atoms with Crippen LogP contribution in [0.5, 0.6) is 0 Å². The highest BCUT2D eigenvalue weighted by atomic mass is 16.2. The SMILES string of the molecule is C=CC1=C(/C=C(\C)c2nc3ccccc3[nH]2)CCN(C(=O)c2ccc(NC(=C)c3cc4c(nc3N3CC(CCC)(CCCCC)C3)CCCC4)cc2)c2cc(C)ccc21. The van der Waals surface area contributed by atoms with Gasteiger partial charge < -0.3 is 20.1 Å². The minimum atomic E-state index is -0.0293. The van der Waals surface area contributed by atoms with Gasteiger partial charge in [-0.25, -0.2) is 9.97 Å². The molecule has 7 nitrogen and oxygen atoms in total. The molecule has 0 unspecified atom stereocenters. The molecule has 0 atom stereocenters. The van der Waals surface area contributed by atoms with Gasteiger partial charge >= 0.3 is 0 Å². The number of unbranched alkanes of at least 4 members (excludes halogenated alkanes) is 2. The zero-order valence-corrected chi connectivity index (χ0v) is 35.6. The first-order chi connectivity index (χ1) is 28.7. The van der Waals surface area contributed by atoms with E-state index in [-0.39, 0.29) is 5.91 Å². The Morgan fingerprint density at radius 2 is 1.73 bits per heavy atom. The molecule has 0 saturated carbocycles. The summed E-state index contributed by atoms with van der Waals surface area (Å²) in [6.45, 7) is 20.2. The fourth-order valence-corrected chi connectivity index (χ4v) is 9.64. The number of carbonyl (C=O) groups excluding carboxylic acids is 1. The number of fused-ring (bicyclic) bond motifs is 3. The molecule has 5 aromatic rings. The number of nitrogens with one attached hydrogen (secondary N) is 2. The quantitative estimate of drug-likeness (QED) is 0.110. The third-order valence-electron chi connectivity index (χ3n) is 12.8. The van der Waals surface area contributed by atoms with E-state index in [4.69, 9.17) is 9.97 Å². The van der Waals surface area contributed by atoms with E-state index in [1.807, 2.05) is 59.5 Å². The second kappa shape index (κ2) is 17.3. The maximum atomic E-state index is 14.5. The Labute approximate surface area is 351 Å². The van der Waals surface area contributed by atoms with Crippen molar-refractivity contribution in [3.05, 3.63) is 143 Å². The summed E-state index contributed by atoms with van der Waals surface area (Å²) in [6, 6.07) is 24.7. The molecule has 1 fully saturated rings. The number of aryl methyl sites for hydroxylation is 3. The largest absolute Gasteiger partial charge is 0.355 e. The van der Waals surface area contributed by atoms with Crippen molar-refractivity contribution >= 4 is 51.0 Å². The molecule has 4 heterocycles. The number of rotatable bonds is 14. The van der Waals surface area contributed by atoms with Crippen LogP contribution in [-0.4, -0.2) is 40.5 Å². The first-order valence-corrected chi connectivity index (χ1v) is 21.9. The number of benzene rings is 3. The van der Waals surface area contributed by atoms with E-state index in [9.17, 15) is 4.79 Å². The molecule has 7 heteroatoms. The maximum Gasteiger partial charge on any atom is 0.258 e. The van der Waals surface area contributed by atoms with Crippen molar-refractivity contribution in [2.24, 2.45) is 5.41 Å². The van der Waals surface area contributed by atoms with Crippen molar-refractivity contribution in [2.75, 3.05) is 34.8 Å². The van der Waals surface area contributed by atoms with Gasteiger partial charge in [0.05, 0.1) is 16.7 Å². The number of anilines is 3. The van der Waals surface area contributed by atoms with Crippen LogP contribution in [0.3, 0.4) is 0 Å². The lowest BCUT2D eigenvalue weighted by Crippen LogP contribution is -2.57. The van der Waals surface area contributed by atoms with E-state index >= 15 is 0 Å². The van der Waals surface area contributed by atoms with Gasteiger partial charge in [0, 0.05) is 58.8 Å². The van der Waals surface area contributed by atoms with Crippen LogP contribution in [0.1, 0.15) is 123 Å². The Morgan fingerprint density at radius 3 is 2.49 bits per heavy atom. The van der Waals surface area contributed by atoms with Crippen LogP contribution in [0.2, 0.25) is 0 Å². The Bertz CT molecular complexity index is 2410. The summed E-state index contributed by atoms with van der Waals surface area (Å²) in [4.78, 5) is 32.6. The maximum absolute atomic E-state index is 14.5. The van der Waals surface area contributed by atoms with Gasteiger partial charge in [-0.1, -0.05) is 89.1 Å². The van der Waals surface area contributed by atoms with Crippen molar-refractivity contribution in [3.8, 4) is 0 Å². The third kappa shape index (κ3) is 8.30. The molecule has 0 bridgehead atoms. The summed E-state index contributed by atoms with van der Waals surface area (Å²) >= 11 is 0. The van der Waals surface area contributed by atoms with E-state index in [1.165, 1.54) is 62.6 Å². The van der Waals surface area contributed by atoms with Crippen molar-refractivity contribution < 1.29 is 4.79 Å². The summed E-state index contributed by atoms with van der Waals surface area (Å²) in [5.74, 6) is 1.88. The molecule has 1 aliphatic carbocycles. The van der Waals surface area contributed by atoms with Gasteiger partial charge in [-0.3, -0.25) is 4.79 Å². The van der Waals surface area contributed by atoms with Crippen LogP contribution in [-0.2, 0) is 12.8 Å². The normalized spacial score (nSPS) is 16.3. The summed E-state index contributed by atoms with van der Waals surface area (Å²) in [6.07, 6.45) is 17.0. The number of imidazole rings is 1. The second-order valence-corrected chi connectivity index (χ2v) is 17.2. The standard InChI is InChI=1S/C52H60N6O/c1-7-10-15-28-52(27-8-2)33-57(34-52)50-44(32-40-16-11-12-17-45(40)56-50)37(6)53-41-23-21-38(22-24-41)51(59)58-29-26-39(42(9-3)43-25-20-35(4)30-48(43)58)31-36(5)49-54-46-18-13-14-19-47(46)55-49/h9,13-14,18-25,30-32,53H,3,6-8,10-12,15-17,26-29,33-34H2,1-2,4-5H3,(H,54,55)/b36-31+. The van der Waals surface area contributed by atoms with Gasteiger partial charge in [0.25, 0.3) is 5.91 Å². The molecule has 2 aliphatic heterocycles. The van der Waals surface area contributed by atoms with Gasteiger partial charge in [-0.2, -0.15) is 0 Å². The average molecular weight is 785 g/mol. The first kappa shape index (κ1) is 40.1. The second-order valence-electron chi connectivity index (χ2n) is 17.2. The molecule has 0 spiro atoms. The van der Waals surface area contributed by atoms with Crippen LogP contribution >= 0.6 is 0 Å². The number of allylic oxidation sites excluding steroid dienone is 4. The van der Waals surface area contributed by atoms with Crippen molar-refractivity contribution in [1.82, 2.24) is 15.0 Å². The Balaban J connectivity index is 1.02. The van der Waals surface area contributed by atoms with Gasteiger partial charge in [0.1, 0.15) is 11.6 Å². The fraction of sp³-hybridized carbons (Fsp3) is 0.365. The zero-order chi connectivity index (χ0) is 41.1. The highest BCUT2D eigenvalue weighted by molar-refractivity contribution is 6.08. The molecule has 8 rings (SSSR count). The summed E-state index contributed by atoms with van der Waals surface area (Å²) in [5.41, 5.74) is 14.6. The van der Waals surface area contributed by atoms with Gasteiger partial charge in [-0.15, -0.1) is 0 Å². The van der Waals surface area contributed by atoms with Crippen LogP contribution in [0, 0.1) is 12.3 Å². The average Bonchev–Trinajstić information content (AvgIpc) is 3.62. The topological polar surface area (TPSA) is 77.1 Å². The van der Waals surface area contributed by atoms with E-state index in [2.05, 4.69) is 86.4 Å². The lowest BCUT2D eigenvalue weighted by Gasteiger charge is -2.52. The van der Waals surface area contributed by atoms with Gasteiger partial charge in [-0.05, 0) is 135 Å². The van der Waals surface area contributed by atoms with E-state index in [0.29, 0.717) is 23.9 Å². The summed E-state index contributed by atoms with van der Waals surface area (Å²) in [7, 11) is 0.